The Kier molecular flexibility index (Phi) is 6.22. The molecule has 2 aliphatic rings. The van der Waals surface area contributed by atoms with Crippen molar-refractivity contribution in [1.29, 1.82) is 0 Å². The van der Waals surface area contributed by atoms with Crippen molar-refractivity contribution in [3.8, 4) is 0 Å². The lowest BCUT2D eigenvalue weighted by atomic mass is 9.72. The quantitative estimate of drug-likeness (QED) is 0.737. The maximum Gasteiger partial charge on any atom is 0.408 e. The van der Waals surface area contributed by atoms with Crippen LogP contribution in [0.5, 0.6) is 0 Å². The van der Waals surface area contributed by atoms with Crippen molar-refractivity contribution in [3.05, 3.63) is 65.2 Å². The van der Waals surface area contributed by atoms with Gasteiger partial charge < -0.3 is 10.2 Å². The van der Waals surface area contributed by atoms with Gasteiger partial charge in [-0.1, -0.05) is 42.5 Å². The standard InChI is InChI=1S/C25H28F3N3O2/c1-17-7-6-10-20-22(17)24(11-13-30(14-12-24)15-19-8-4-3-5-9-19)23(33)31(20)16-21(32)29-18(2)25(26,27)28/h3-10,18H,11-16H2,1-2H3,(H,29,32)/t18-/m1/s1. The van der Waals surface area contributed by atoms with Crippen LogP contribution in [0.2, 0.25) is 0 Å². The Labute approximate surface area is 191 Å². The van der Waals surface area contributed by atoms with Crippen molar-refractivity contribution in [2.75, 3.05) is 24.5 Å². The lowest BCUT2D eigenvalue weighted by molar-refractivity contribution is -0.157. The van der Waals surface area contributed by atoms with E-state index in [2.05, 4.69) is 17.0 Å². The van der Waals surface area contributed by atoms with E-state index in [1.165, 1.54) is 10.5 Å². The Morgan fingerprint density at radius 1 is 1.09 bits per heavy atom. The second-order valence-electron chi connectivity index (χ2n) is 9.04. The lowest BCUT2D eigenvalue weighted by Crippen LogP contribution is -2.51. The van der Waals surface area contributed by atoms with Gasteiger partial charge in [-0.05, 0) is 62.5 Å². The number of nitrogens with zero attached hydrogens (tertiary/aromatic N) is 2. The van der Waals surface area contributed by atoms with Gasteiger partial charge >= 0.3 is 6.18 Å². The number of amides is 2. The maximum atomic E-state index is 13.7. The van der Waals surface area contributed by atoms with Crippen LogP contribution in [0.15, 0.2) is 48.5 Å². The summed E-state index contributed by atoms with van der Waals surface area (Å²) in [7, 11) is 0. The molecule has 1 saturated heterocycles. The molecule has 4 rings (SSSR count). The molecular formula is C25H28F3N3O2. The molecule has 176 valence electrons. The summed E-state index contributed by atoms with van der Waals surface area (Å²) in [6.07, 6.45) is -3.33. The van der Waals surface area contributed by atoms with Crippen LogP contribution in [-0.2, 0) is 21.5 Å². The van der Waals surface area contributed by atoms with Crippen LogP contribution in [0.4, 0.5) is 18.9 Å². The van der Waals surface area contributed by atoms with E-state index in [0.29, 0.717) is 18.5 Å². The van der Waals surface area contributed by atoms with Gasteiger partial charge in [-0.2, -0.15) is 13.2 Å². The molecule has 2 aromatic carbocycles. The molecule has 1 N–H and O–H groups in total. The Hall–Kier alpha value is -2.87. The Bertz CT molecular complexity index is 1030. The summed E-state index contributed by atoms with van der Waals surface area (Å²) in [5.41, 5.74) is 2.96. The molecule has 0 saturated carbocycles. The lowest BCUT2D eigenvalue weighted by Gasteiger charge is -2.39. The third kappa shape index (κ3) is 4.49. The zero-order valence-electron chi connectivity index (χ0n) is 18.8. The van der Waals surface area contributed by atoms with Crippen LogP contribution >= 0.6 is 0 Å². The van der Waals surface area contributed by atoms with E-state index in [1.54, 1.807) is 6.07 Å². The minimum atomic E-state index is -4.54. The van der Waals surface area contributed by atoms with Gasteiger partial charge in [0.25, 0.3) is 0 Å². The molecule has 2 amide bonds. The number of alkyl halides is 3. The summed E-state index contributed by atoms with van der Waals surface area (Å²) in [5, 5.41) is 1.97. The first-order valence-electron chi connectivity index (χ1n) is 11.2. The average molecular weight is 460 g/mol. The number of fused-ring (bicyclic) bond motifs is 2. The molecule has 5 nitrogen and oxygen atoms in total. The summed E-state index contributed by atoms with van der Waals surface area (Å²) in [4.78, 5) is 29.8. The highest BCUT2D eigenvalue weighted by Gasteiger charge is 2.53. The fourth-order valence-electron chi connectivity index (χ4n) is 5.04. The normalized spacial score (nSPS) is 18.9. The highest BCUT2D eigenvalue weighted by atomic mass is 19.4. The molecule has 0 aliphatic carbocycles. The summed E-state index contributed by atoms with van der Waals surface area (Å²) in [5.74, 6) is -1.01. The maximum absolute atomic E-state index is 13.7. The third-order valence-electron chi connectivity index (χ3n) is 6.80. The molecule has 0 bridgehead atoms. The third-order valence-corrected chi connectivity index (χ3v) is 6.80. The number of piperidine rings is 1. The first-order chi connectivity index (χ1) is 15.6. The number of nitrogens with one attached hydrogen (secondary N) is 1. The van der Waals surface area contributed by atoms with E-state index in [4.69, 9.17) is 0 Å². The molecule has 2 heterocycles. The fraction of sp³-hybridized carbons (Fsp3) is 0.440. The van der Waals surface area contributed by atoms with E-state index in [-0.39, 0.29) is 5.91 Å². The number of aryl methyl sites for hydroxylation is 1. The molecule has 0 aromatic heterocycles. The SMILES string of the molecule is Cc1cccc2c1C1(CCN(Cc3ccccc3)CC1)C(=O)N2CC(=O)N[C@H](C)C(F)(F)F. The van der Waals surface area contributed by atoms with Gasteiger partial charge in [-0.25, -0.2) is 0 Å². The summed E-state index contributed by atoms with van der Waals surface area (Å²) in [6, 6.07) is 13.7. The summed E-state index contributed by atoms with van der Waals surface area (Å²) < 4.78 is 38.6. The number of benzene rings is 2. The molecule has 2 aromatic rings. The first-order valence-corrected chi connectivity index (χ1v) is 11.2. The van der Waals surface area contributed by atoms with Crippen molar-refractivity contribution in [2.45, 2.75) is 50.9 Å². The number of likely N-dealkylation sites (tertiary alicyclic amines) is 1. The molecule has 1 fully saturated rings. The molecule has 2 aliphatic heterocycles. The summed E-state index contributed by atoms with van der Waals surface area (Å²) >= 11 is 0. The van der Waals surface area contributed by atoms with E-state index < -0.39 is 30.1 Å². The van der Waals surface area contributed by atoms with Crippen molar-refractivity contribution in [3.63, 3.8) is 0 Å². The zero-order valence-corrected chi connectivity index (χ0v) is 18.8. The zero-order chi connectivity index (χ0) is 23.8. The number of anilines is 1. The number of hydrogen-bond donors (Lipinski definition) is 1. The van der Waals surface area contributed by atoms with Gasteiger partial charge in [0.15, 0.2) is 0 Å². The number of rotatable bonds is 5. The Balaban J connectivity index is 1.53. The van der Waals surface area contributed by atoms with E-state index in [9.17, 15) is 22.8 Å². The van der Waals surface area contributed by atoms with Gasteiger partial charge in [-0.15, -0.1) is 0 Å². The van der Waals surface area contributed by atoms with Crippen molar-refractivity contribution >= 4 is 17.5 Å². The van der Waals surface area contributed by atoms with Crippen molar-refractivity contribution in [2.24, 2.45) is 0 Å². The van der Waals surface area contributed by atoms with E-state index >= 15 is 0 Å². The van der Waals surface area contributed by atoms with Crippen LogP contribution in [0, 0.1) is 6.92 Å². The van der Waals surface area contributed by atoms with Crippen LogP contribution in [0.1, 0.15) is 36.5 Å². The highest BCUT2D eigenvalue weighted by Crippen LogP contribution is 2.49. The molecule has 8 heteroatoms. The van der Waals surface area contributed by atoms with Crippen LogP contribution in [-0.4, -0.2) is 48.6 Å². The van der Waals surface area contributed by atoms with Crippen LogP contribution in [0.3, 0.4) is 0 Å². The van der Waals surface area contributed by atoms with Crippen molar-refractivity contribution < 1.29 is 22.8 Å². The van der Waals surface area contributed by atoms with Crippen molar-refractivity contribution in [1.82, 2.24) is 10.2 Å². The Morgan fingerprint density at radius 2 is 1.76 bits per heavy atom. The van der Waals surface area contributed by atoms with Gasteiger partial charge in [0.05, 0.1) is 5.41 Å². The second kappa shape index (κ2) is 8.82. The molecule has 1 atom stereocenters. The van der Waals surface area contributed by atoms with Gasteiger partial charge in [-0.3, -0.25) is 14.5 Å². The smallest absolute Gasteiger partial charge is 0.343 e. The molecular weight excluding hydrogens is 431 g/mol. The predicted molar refractivity (Wildman–Crippen MR) is 120 cm³/mol. The van der Waals surface area contributed by atoms with E-state index in [1.807, 2.05) is 42.6 Å². The molecule has 0 unspecified atom stereocenters. The molecule has 1 spiro atoms. The summed E-state index contributed by atoms with van der Waals surface area (Å²) in [6.45, 7) is 4.66. The first kappa shape index (κ1) is 23.3. The number of carbonyl (C=O) groups excluding carboxylic acids is 2. The number of carbonyl (C=O) groups is 2. The predicted octanol–water partition coefficient (Wildman–Crippen LogP) is 3.94. The highest BCUT2D eigenvalue weighted by molar-refractivity contribution is 6.11. The van der Waals surface area contributed by atoms with Gasteiger partial charge in [0.2, 0.25) is 11.8 Å². The second-order valence-corrected chi connectivity index (χ2v) is 9.04. The molecule has 33 heavy (non-hydrogen) atoms. The van der Waals surface area contributed by atoms with E-state index in [0.717, 1.165) is 37.7 Å². The minimum Gasteiger partial charge on any atom is -0.343 e. The number of halogens is 3. The minimum absolute atomic E-state index is 0.194. The average Bonchev–Trinajstić information content (AvgIpc) is 2.99. The monoisotopic (exact) mass is 459 g/mol. The largest absolute Gasteiger partial charge is 0.408 e. The fourth-order valence-corrected chi connectivity index (χ4v) is 5.04. The van der Waals surface area contributed by atoms with Crippen LogP contribution in [0.25, 0.3) is 0 Å². The molecule has 0 radical (unpaired) electrons. The van der Waals surface area contributed by atoms with Gasteiger partial charge in [0.1, 0.15) is 12.6 Å². The Morgan fingerprint density at radius 3 is 2.39 bits per heavy atom. The number of hydrogen-bond acceptors (Lipinski definition) is 3. The van der Waals surface area contributed by atoms with Gasteiger partial charge in [0, 0.05) is 12.2 Å². The topological polar surface area (TPSA) is 52.7 Å². The van der Waals surface area contributed by atoms with Crippen LogP contribution < -0.4 is 10.2 Å².